The average Bonchev–Trinajstić information content (AvgIpc) is 2.52. The molecule has 0 radical (unpaired) electrons. The molecule has 2 rings (SSSR count). The van der Waals surface area contributed by atoms with Gasteiger partial charge in [0.25, 0.3) is 0 Å². The van der Waals surface area contributed by atoms with Crippen molar-refractivity contribution in [3.63, 3.8) is 0 Å². The molecule has 130 valence electrons. The Morgan fingerprint density at radius 1 is 1.12 bits per heavy atom. The fourth-order valence-electron chi connectivity index (χ4n) is 2.71. The number of sulfonamides is 1. The Bertz CT molecular complexity index is 796. The van der Waals surface area contributed by atoms with Gasteiger partial charge in [-0.1, -0.05) is 29.8 Å². The Morgan fingerprint density at radius 2 is 1.75 bits per heavy atom. The largest absolute Gasteiger partial charge is 0.497 e. The maximum atomic E-state index is 12.6. The summed E-state index contributed by atoms with van der Waals surface area (Å²) in [6.07, 6.45) is 1.40. The molecule has 0 spiro atoms. The number of ether oxygens (including phenoxy) is 1. The number of nitrogens with one attached hydrogen (secondary N) is 1. The highest BCUT2D eigenvalue weighted by Crippen LogP contribution is 2.25. The third kappa shape index (κ3) is 4.50. The van der Waals surface area contributed by atoms with Crippen molar-refractivity contribution in [2.45, 2.75) is 31.6 Å². The molecule has 0 aromatic heterocycles. The topological polar surface area (TPSA) is 55.4 Å². The normalized spacial score (nSPS) is 11.5. The second-order valence-corrected chi connectivity index (χ2v) is 7.79. The maximum Gasteiger partial charge on any atom is 0.241 e. The molecule has 0 saturated carbocycles. The summed E-state index contributed by atoms with van der Waals surface area (Å²) >= 11 is 6.11. The highest BCUT2D eigenvalue weighted by atomic mass is 35.5. The van der Waals surface area contributed by atoms with Gasteiger partial charge < -0.3 is 4.74 Å². The molecule has 0 atom stereocenters. The molecule has 24 heavy (non-hydrogen) atoms. The van der Waals surface area contributed by atoms with Gasteiger partial charge in [0, 0.05) is 11.6 Å². The summed E-state index contributed by atoms with van der Waals surface area (Å²) in [7, 11) is -1.98. The number of hydrogen-bond acceptors (Lipinski definition) is 3. The predicted molar refractivity (Wildman–Crippen MR) is 97.4 cm³/mol. The van der Waals surface area contributed by atoms with Crippen molar-refractivity contribution in [3.8, 4) is 5.75 Å². The van der Waals surface area contributed by atoms with E-state index in [1.165, 1.54) is 0 Å². The van der Waals surface area contributed by atoms with Crippen molar-refractivity contribution in [1.29, 1.82) is 0 Å². The van der Waals surface area contributed by atoms with Crippen LogP contribution in [0, 0.1) is 13.8 Å². The van der Waals surface area contributed by atoms with Gasteiger partial charge in [-0.25, -0.2) is 13.1 Å². The van der Waals surface area contributed by atoms with Gasteiger partial charge in [-0.2, -0.15) is 0 Å². The second kappa shape index (κ2) is 8.01. The van der Waals surface area contributed by atoms with E-state index in [-0.39, 0.29) is 0 Å². The van der Waals surface area contributed by atoms with Crippen LogP contribution in [0.15, 0.2) is 41.3 Å². The molecule has 0 aliphatic heterocycles. The van der Waals surface area contributed by atoms with Crippen LogP contribution in [0.25, 0.3) is 0 Å². The summed E-state index contributed by atoms with van der Waals surface area (Å²) in [4.78, 5) is 0.320. The molecule has 0 unspecified atom stereocenters. The quantitative estimate of drug-likeness (QED) is 0.755. The van der Waals surface area contributed by atoms with E-state index >= 15 is 0 Å². The Morgan fingerprint density at radius 3 is 2.33 bits per heavy atom. The van der Waals surface area contributed by atoms with Crippen molar-refractivity contribution in [3.05, 3.63) is 58.1 Å². The molecule has 2 aromatic carbocycles. The standard InChI is InChI=1S/C18H22ClNO3S/c1-13-11-16(23-3)12-14(2)18(13)24(21,22)20-10-6-8-15-7-4-5-9-17(15)19/h4-5,7,9,11-12,20H,6,8,10H2,1-3H3. The highest BCUT2D eigenvalue weighted by molar-refractivity contribution is 7.89. The number of benzene rings is 2. The zero-order valence-corrected chi connectivity index (χ0v) is 15.7. The SMILES string of the molecule is COc1cc(C)c(S(=O)(=O)NCCCc2ccccc2Cl)c(C)c1. The number of aryl methyl sites for hydroxylation is 3. The van der Waals surface area contributed by atoms with Crippen molar-refractivity contribution in [2.24, 2.45) is 0 Å². The van der Waals surface area contributed by atoms with Crippen LogP contribution < -0.4 is 9.46 Å². The van der Waals surface area contributed by atoms with Crippen LogP contribution in [0.4, 0.5) is 0 Å². The van der Waals surface area contributed by atoms with Crippen LogP contribution >= 0.6 is 11.6 Å². The van der Waals surface area contributed by atoms with E-state index in [0.717, 1.165) is 12.0 Å². The van der Waals surface area contributed by atoms with E-state index < -0.39 is 10.0 Å². The van der Waals surface area contributed by atoms with Crippen molar-refractivity contribution >= 4 is 21.6 Å². The molecule has 0 bridgehead atoms. The van der Waals surface area contributed by atoms with E-state index in [4.69, 9.17) is 16.3 Å². The second-order valence-electron chi connectivity index (χ2n) is 5.68. The Labute approximate surface area is 148 Å². The summed E-state index contributed by atoms with van der Waals surface area (Å²) in [6.45, 7) is 3.90. The van der Waals surface area contributed by atoms with Crippen LogP contribution in [0.3, 0.4) is 0 Å². The zero-order chi connectivity index (χ0) is 17.7. The van der Waals surface area contributed by atoms with Crippen molar-refractivity contribution < 1.29 is 13.2 Å². The van der Waals surface area contributed by atoms with E-state index in [1.54, 1.807) is 33.1 Å². The number of methoxy groups -OCH3 is 1. The molecule has 0 aliphatic rings. The summed E-state index contributed by atoms with van der Waals surface area (Å²) in [5.74, 6) is 0.655. The summed E-state index contributed by atoms with van der Waals surface area (Å²) in [5.41, 5.74) is 2.37. The van der Waals surface area contributed by atoms with Gasteiger partial charge in [0.1, 0.15) is 5.75 Å². The molecule has 0 amide bonds. The molecule has 0 saturated heterocycles. The van der Waals surface area contributed by atoms with Crippen LogP contribution in [0.1, 0.15) is 23.1 Å². The van der Waals surface area contributed by atoms with Gasteiger partial charge in [0.05, 0.1) is 12.0 Å². The molecular weight excluding hydrogens is 346 g/mol. The van der Waals surface area contributed by atoms with E-state index in [9.17, 15) is 8.42 Å². The molecule has 0 heterocycles. The zero-order valence-electron chi connectivity index (χ0n) is 14.1. The van der Waals surface area contributed by atoms with Crippen molar-refractivity contribution in [1.82, 2.24) is 4.72 Å². The van der Waals surface area contributed by atoms with E-state index in [2.05, 4.69) is 4.72 Å². The fourth-order valence-corrected chi connectivity index (χ4v) is 4.46. The van der Waals surface area contributed by atoms with Gasteiger partial charge in [0.15, 0.2) is 0 Å². The van der Waals surface area contributed by atoms with Gasteiger partial charge in [-0.15, -0.1) is 0 Å². The lowest BCUT2D eigenvalue weighted by atomic mass is 10.1. The minimum absolute atomic E-state index is 0.320. The average molecular weight is 368 g/mol. The molecule has 4 nitrogen and oxygen atoms in total. The lowest BCUT2D eigenvalue weighted by Crippen LogP contribution is -2.26. The first kappa shape index (κ1) is 18.8. The first-order valence-electron chi connectivity index (χ1n) is 7.73. The Balaban J connectivity index is 2.03. The monoisotopic (exact) mass is 367 g/mol. The van der Waals surface area contributed by atoms with Gasteiger partial charge in [-0.3, -0.25) is 0 Å². The molecule has 1 N–H and O–H groups in total. The molecule has 0 fully saturated rings. The minimum atomic E-state index is -3.55. The summed E-state index contributed by atoms with van der Waals surface area (Å²) < 4.78 is 33.0. The lowest BCUT2D eigenvalue weighted by molar-refractivity contribution is 0.413. The lowest BCUT2D eigenvalue weighted by Gasteiger charge is -2.14. The molecule has 6 heteroatoms. The molecule has 2 aromatic rings. The first-order valence-corrected chi connectivity index (χ1v) is 9.59. The maximum absolute atomic E-state index is 12.6. The Kier molecular flexibility index (Phi) is 6.27. The van der Waals surface area contributed by atoms with Gasteiger partial charge in [-0.05, 0) is 61.6 Å². The van der Waals surface area contributed by atoms with Crippen LogP contribution in [-0.4, -0.2) is 22.1 Å². The fraction of sp³-hybridized carbons (Fsp3) is 0.333. The highest BCUT2D eigenvalue weighted by Gasteiger charge is 2.20. The number of hydrogen-bond donors (Lipinski definition) is 1. The van der Waals surface area contributed by atoms with Crippen LogP contribution in [0.2, 0.25) is 5.02 Å². The van der Waals surface area contributed by atoms with Crippen LogP contribution in [-0.2, 0) is 16.4 Å². The van der Waals surface area contributed by atoms with Crippen LogP contribution in [0.5, 0.6) is 5.75 Å². The number of rotatable bonds is 7. The summed E-state index contributed by atoms with van der Waals surface area (Å²) in [6, 6.07) is 11.1. The smallest absolute Gasteiger partial charge is 0.241 e. The van der Waals surface area contributed by atoms with Gasteiger partial charge >= 0.3 is 0 Å². The minimum Gasteiger partial charge on any atom is -0.497 e. The number of halogens is 1. The first-order chi connectivity index (χ1) is 11.3. The Hall–Kier alpha value is -1.56. The third-order valence-corrected chi connectivity index (χ3v) is 5.95. The van der Waals surface area contributed by atoms with Crippen molar-refractivity contribution in [2.75, 3.05) is 13.7 Å². The molecule has 0 aliphatic carbocycles. The van der Waals surface area contributed by atoms with E-state index in [0.29, 0.717) is 39.8 Å². The molecular formula is C18H22ClNO3S. The predicted octanol–water partition coefficient (Wildman–Crippen LogP) is 3.88. The summed E-state index contributed by atoms with van der Waals surface area (Å²) in [5, 5.41) is 0.710. The third-order valence-electron chi connectivity index (χ3n) is 3.81. The van der Waals surface area contributed by atoms with Gasteiger partial charge in [0.2, 0.25) is 10.0 Å². The van der Waals surface area contributed by atoms with E-state index in [1.807, 2.05) is 24.3 Å².